The summed E-state index contributed by atoms with van der Waals surface area (Å²) >= 11 is 1.35. The summed E-state index contributed by atoms with van der Waals surface area (Å²) in [5.41, 5.74) is 0. The highest BCUT2D eigenvalue weighted by Crippen LogP contribution is 1.97. The van der Waals surface area contributed by atoms with Gasteiger partial charge in [-0.1, -0.05) is 25.3 Å². The average molecular weight is 190 g/mol. The normalized spacial score (nSPS) is 9.58. The Morgan fingerprint density at radius 3 is 2.58 bits per heavy atom. The summed E-state index contributed by atoms with van der Waals surface area (Å²) in [5, 5.41) is 0. The Kier molecular flexibility index (Phi) is 7.05. The van der Waals surface area contributed by atoms with E-state index in [0.717, 1.165) is 25.9 Å². The monoisotopic (exact) mass is 190 g/mol. The zero-order valence-corrected chi connectivity index (χ0v) is 8.91. The minimum absolute atomic E-state index is 0.0263. The van der Waals surface area contributed by atoms with Crippen LogP contribution in [0.25, 0.3) is 0 Å². The molecule has 0 atom stereocenters. The first-order valence-corrected chi connectivity index (χ1v) is 5.56. The zero-order chi connectivity index (χ0) is 9.40. The molecule has 12 heavy (non-hydrogen) atoms. The third kappa shape index (κ3) is 4.49. The van der Waals surface area contributed by atoms with Crippen LogP contribution in [0.1, 0.15) is 26.7 Å². The molecule has 3 nitrogen and oxygen atoms in total. The second kappa shape index (κ2) is 7.28. The van der Waals surface area contributed by atoms with E-state index in [1.54, 1.807) is 0 Å². The maximum atomic E-state index is 11.3. The molecule has 0 fully saturated rings. The van der Waals surface area contributed by atoms with Gasteiger partial charge in [0.15, 0.2) is 0 Å². The average Bonchev–Trinajstić information content (AvgIpc) is 2.06. The minimum Gasteiger partial charge on any atom is -0.324 e. The fourth-order valence-electron chi connectivity index (χ4n) is 0.904. The summed E-state index contributed by atoms with van der Waals surface area (Å²) < 4.78 is 2.71. The molecule has 0 aliphatic rings. The number of carbonyl (C=O) groups is 1. The molecule has 1 N–H and O–H groups in total. The highest BCUT2D eigenvalue weighted by atomic mass is 32.2. The van der Waals surface area contributed by atoms with Gasteiger partial charge < -0.3 is 4.90 Å². The van der Waals surface area contributed by atoms with Gasteiger partial charge in [-0.2, -0.15) is 0 Å². The summed E-state index contributed by atoms with van der Waals surface area (Å²) in [6, 6.07) is 0.0263. The van der Waals surface area contributed by atoms with E-state index in [-0.39, 0.29) is 6.03 Å². The molecule has 0 bridgehead atoms. The number of rotatable bonds is 5. The van der Waals surface area contributed by atoms with E-state index in [9.17, 15) is 4.79 Å². The van der Waals surface area contributed by atoms with Crippen molar-refractivity contribution in [1.82, 2.24) is 9.62 Å². The van der Waals surface area contributed by atoms with Gasteiger partial charge in [0.2, 0.25) is 0 Å². The predicted octanol–water partition coefficient (Wildman–Crippen LogP) is 2.10. The lowest BCUT2D eigenvalue weighted by atomic mass is 10.3. The lowest BCUT2D eigenvalue weighted by Crippen LogP contribution is -2.37. The van der Waals surface area contributed by atoms with Crippen LogP contribution in [0.4, 0.5) is 4.79 Å². The third-order valence-corrected chi connectivity index (χ3v) is 2.02. The number of carbonyl (C=O) groups excluding carboxylic acids is 1. The maximum Gasteiger partial charge on any atom is 0.327 e. The largest absolute Gasteiger partial charge is 0.327 e. The van der Waals surface area contributed by atoms with Gasteiger partial charge >= 0.3 is 6.03 Å². The van der Waals surface area contributed by atoms with Crippen LogP contribution < -0.4 is 4.72 Å². The first kappa shape index (κ1) is 11.6. The molecule has 0 aliphatic heterocycles. The van der Waals surface area contributed by atoms with Crippen LogP contribution in [-0.4, -0.2) is 30.3 Å². The molecule has 4 heteroatoms. The number of nitrogens with zero attached hydrogens (tertiary/aromatic N) is 1. The molecule has 0 aliphatic carbocycles. The molecule has 0 rings (SSSR count). The molecule has 0 saturated heterocycles. The van der Waals surface area contributed by atoms with Crippen molar-refractivity contribution >= 4 is 18.0 Å². The summed E-state index contributed by atoms with van der Waals surface area (Å²) in [5.74, 6) is 0. The Labute approximate surface area is 79.0 Å². The van der Waals surface area contributed by atoms with Gasteiger partial charge in [0.05, 0.1) is 0 Å². The van der Waals surface area contributed by atoms with Crippen molar-refractivity contribution in [3.63, 3.8) is 0 Å². The standard InChI is InChI=1S/C8H18N2OS/c1-4-6-7-10(5-2)8(11)9-12-3/h4-7H2,1-3H3,(H,9,11). The van der Waals surface area contributed by atoms with Gasteiger partial charge in [-0.25, -0.2) is 4.79 Å². The number of hydrogen-bond acceptors (Lipinski definition) is 2. The molecular formula is C8H18N2OS. The van der Waals surface area contributed by atoms with Crippen molar-refractivity contribution in [2.45, 2.75) is 26.7 Å². The molecular weight excluding hydrogens is 172 g/mol. The topological polar surface area (TPSA) is 32.3 Å². The fraction of sp³-hybridized carbons (Fsp3) is 0.875. The Balaban J connectivity index is 3.71. The summed E-state index contributed by atoms with van der Waals surface area (Å²) in [7, 11) is 0. The quantitative estimate of drug-likeness (QED) is 0.673. The van der Waals surface area contributed by atoms with Crippen molar-refractivity contribution in [1.29, 1.82) is 0 Å². The Morgan fingerprint density at radius 2 is 2.17 bits per heavy atom. The van der Waals surface area contributed by atoms with Crippen molar-refractivity contribution in [2.24, 2.45) is 0 Å². The van der Waals surface area contributed by atoms with Crippen LogP contribution in [-0.2, 0) is 0 Å². The molecule has 0 heterocycles. The number of nitrogens with one attached hydrogen (secondary N) is 1. The summed E-state index contributed by atoms with van der Waals surface area (Å²) in [6.45, 7) is 5.77. The Hall–Kier alpha value is -0.380. The van der Waals surface area contributed by atoms with Crippen LogP contribution in [0.2, 0.25) is 0 Å². The van der Waals surface area contributed by atoms with Gasteiger partial charge in [0.1, 0.15) is 0 Å². The molecule has 72 valence electrons. The van der Waals surface area contributed by atoms with E-state index in [0.29, 0.717) is 0 Å². The summed E-state index contributed by atoms with van der Waals surface area (Å²) in [6.07, 6.45) is 4.06. The lowest BCUT2D eigenvalue weighted by Gasteiger charge is -2.19. The van der Waals surface area contributed by atoms with E-state index >= 15 is 0 Å². The van der Waals surface area contributed by atoms with Gasteiger partial charge in [-0.3, -0.25) is 4.72 Å². The second-order valence-electron chi connectivity index (χ2n) is 2.54. The van der Waals surface area contributed by atoms with Crippen molar-refractivity contribution in [3.8, 4) is 0 Å². The SMILES string of the molecule is CCCCN(CC)C(=O)NSC. The van der Waals surface area contributed by atoms with Crippen LogP contribution in [0.3, 0.4) is 0 Å². The van der Waals surface area contributed by atoms with Crippen LogP contribution in [0.5, 0.6) is 0 Å². The third-order valence-electron chi connectivity index (χ3n) is 1.64. The van der Waals surface area contributed by atoms with Crippen LogP contribution >= 0.6 is 11.9 Å². The highest BCUT2D eigenvalue weighted by molar-refractivity contribution is 7.97. The molecule has 0 aromatic carbocycles. The van der Waals surface area contributed by atoms with Crippen molar-refractivity contribution in [3.05, 3.63) is 0 Å². The van der Waals surface area contributed by atoms with Crippen LogP contribution in [0.15, 0.2) is 0 Å². The van der Waals surface area contributed by atoms with Gasteiger partial charge in [0.25, 0.3) is 0 Å². The number of amides is 2. The lowest BCUT2D eigenvalue weighted by molar-refractivity contribution is 0.206. The maximum absolute atomic E-state index is 11.3. The number of hydrogen-bond donors (Lipinski definition) is 1. The second-order valence-corrected chi connectivity index (χ2v) is 3.16. The Bertz CT molecular complexity index is 130. The molecule has 2 amide bonds. The molecule has 0 radical (unpaired) electrons. The van der Waals surface area contributed by atoms with Gasteiger partial charge in [-0.05, 0) is 13.3 Å². The first-order chi connectivity index (χ1) is 5.76. The molecule has 0 saturated carbocycles. The molecule has 0 aromatic rings. The van der Waals surface area contributed by atoms with E-state index in [1.165, 1.54) is 11.9 Å². The minimum atomic E-state index is 0.0263. The van der Waals surface area contributed by atoms with Crippen molar-refractivity contribution < 1.29 is 4.79 Å². The number of urea groups is 1. The van der Waals surface area contributed by atoms with Crippen molar-refractivity contribution in [2.75, 3.05) is 19.3 Å². The number of unbranched alkanes of at least 4 members (excludes halogenated alkanes) is 1. The molecule has 0 aromatic heterocycles. The first-order valence-electron chi connectivity index (χ1n) is 4.34. The summed E-state index contributed by atoms with van der Waals surface area (Å²) in [4.78, 5) is 13.1. The predicted molar refractivity (Wildman–Crippen MR) is 54.2 cm³/mol. The fourth-order valence-corrected chi connectivity index (χ4v) is 1.21. The highest BCUT2D eigenvalue weighted by Gasteiger charge is 2.08. The smallest absolute Gasteiger partial charge is 0.324 e. The van der Waals surface area contributed by atoms with E-state index in [1.807, 2.05) is 18.1 Å². The van der Waals surface area contributed by atoms with Gasteiger partial charge in [-0.15, -0.1) is 0 Å². The van der Waals surface area contributed by atoms with Crippen LogP contribution in [0, 0.1) is 0 Å². The zero-order valence-electron chi connectivity index (χ0n) is 8.09. The van der Waals surface area contributed by atoms with E-state index < -0.39 is 0 Å². The van der Waals surface area contributed by atoms with E-state index in [2.05, 4.69) is 11.6 Å². The molecule has 0 unspecified atom stereocenters. The van der Waals surface area contributed by atoms with E-state index in [4.69, 9.17) is 0 Å². The molecule has 0 spiro atoms. The Morgan fingerprint density at radius 1 is 1.50 bits per heavy atom. The van der Waals surface area contributed by atoms with Gasteiger partial charge in [0, 0.05) is 19.3 Å².